The third kappa shape index (κ3) is 3.24. The molecule has 0 saturated heterocycles. The minimum atomic E-state index is -0.538. The standard InChI is InChI=1S/C12H18N2O2/c1-3-14-12(16)10(13)7-9-4-5-11(15)8(2)6-9/h4-6,10,15H,3,7,13H2,1-2H3,(H,14,16)/t10-/m0/s1. The van der Waals surface area contributed by atoms with Gasteiger partial charge in [0.25, 0.3) is 0 Å². The second kappa shape index (κ2) is 5.51. The highest BCUT2D eigenvalue weighted by Crippen LogP contribution is 2.17. The number of hydrogen-bond acceptors (Lipinski definition) is 3. The van der Waals surface area contributed by atoms with Crippen molar-refractivity contribution in [1.82, 2.24) is 5.32 Å². The van der Waals surface area contributed by atoms with Crippen LogP contribution in [-0.2, 0) is 11.2 Å². The van der Waals surface area contributed by atoms with Gasteiger partial charge in [-0.15, -0.1) is 0 Å². The van der Waals surface area contributed by atoms with Crippen molar-refractivity contribution in [3.05, 3.63) is 29.3 Å². The first-order valence-electron chi connectivity index (χ1n) is 5.36. The molecular weight excluding hydrogens is 204 g/mol. The lowest BCUT2D eigenvalue weighted by atomic mass is 10.0. The molecule has 0 aliphatic heterocycles. The van der Waals surface area contributed by atoms with Crippen LogP contribution in [-0.4, -0.2) is 23.6 Å². The number of amides is 1. The Kier molecular flexibility index (Phi) is 4.31. The van der Waals surface area contributed by atoms with Gasteiger partial charge >= 0.3 is 0 Å². The summed E-state index contributed by atoms with van der Waals surface area (Å²) in [6.45, 7) is 4.26. The molecule has 1 rings (SSSR count). The lowest BCUT2D eigenvalue weighted by molar-refractivity contribution is -0.122. The molecule has 0 aliphatic carbocycles. The summed E-state index contributed by atoms with van der Waals surface area (Å²) in [5.74, 6) is 0.114. The predicted octanol–water partition coefficient (Wildman–Crippen LogP) is 0.707. The van der Waals surface area contributed by atoms with Crippen LogP contribution in [0.4, 0.5) is 0 Å². The average Bonchev–Trinajstić information content (AvgIpc) is 2.24. The van der Waals surface area contributed by atoms with Crippen LogP contribution in [0.5, 0.6) is 5.75 Å². The number of phenolic OH excluding ortho intramolecular Hbond substituents is 1. The zero-order valence-corrected chi connectivity index (χ0v) is 9.66. The van der Waals surface area contributed by atoms with E-state index in [4.69, 9.17) is 5.73 Å². The SMILES string of the molecule is CCNC(=O)[C@@H](N)Cc1ccc(O)c(C)c1. The molecule has 1 atom stereocenters. The number of likely N-dealkylation sites (N-methyl/N-ethyl adjacent to an activating group) is 1. The van der Waals surface area contributed by atoms with Crippen LogP contribution in [0.3, 0.4) is 0 Å². The summed E-state index contributed by atoms with van der Waals surface area (Å²) in [6.07, 6.45) is 0.479. The van der Waals surface area contributed by atoms with Gasteiger partial charge in [0, 0.05) is 6.54 Å². The lowest BCUT2D eigenvalue weighted by Gasteiger charge is -2.11. The van der Waals surface area contributed by atoms with Gasteiger partial charge in [-0.2, -0.15) is 0 Å². The molecule has 0 fully saturated rings. The molecule has 4 N–H and O–H groups in total. The minimum Gasteiger partial charge on any atom is -0.508 e. The quantitative estimate of drug-likeness (QED) is 0.702. The van der Waals surface area contributed by atoms with E-state index in [2.05, 4.69) is 5.32 Å². The van der Waals surface area contributed by atoms with E-state index in [1.54, 1.807) is 12.1 Å². The maximum Gasteiger partial charge on any atom is 0.237 e. The highest BCUT2D eigenvalue weighted by Gasteiger charge is 2.13. The van der Waals surface area contributed by atoms with Gasteiger partial charge in [-0.25, -0.2) is 0 Å². The Morgan fingerprint density at radius 1 is 1.56 bits per heavy atom. The largest absolute Gasteiger partial charge is 0.508 e. The van der Waals surface area contributed by atoms with E-state index in [-0.39, 0.29) is 11.7 Å². The predicted molar refractivity (Wildman–Crippen MR) is 63.2 cm³/mol. The van der Waals surface area contributed by atoms with Gasteiger partial charge in [-0.1, -0.05) is 12.1 Å². The molecule has 4 nitrogen and oxygen atoms in total. The van der Waals surface area contributed by atoms with Crippen LogP contribution in [0.2, 0.25) is 0 Å². The number of benzene rings is 1. The van der Waals surface area contributed by atoms with Crippen molar-refractivity contribution in [2.75, 3.05) is 6.54 Å². The topological polar surface area (TPSA) is 75.4 Å². The van der Waals surface area contributed by atoms with E-state index in [9.17, 15) is 9.90 Å². The third-order valence-electron chi connectivity index (χ3n) is 2.40. The summed E-state index contributed by atoms with van der Waals surface area (Å²) in [6, 6.07) is 4.70. The molecule has 0 unspecified atom stereocenters. The minimum absolute atomic E-state index is 0.145. The Hall–Kier alpha value is -1.55. The fourth-order valence-electron chi connectivity index (χ4n) is 1.50. The molecule has 4 heteroatoms. The molecule has 1 aromatic rings. The van der Waals surface area contributed by atoms with Crippen molar-refractivity contribution in [2.45, 2.75) is 26.3 Å². The van der Waals surface area contributed by atoms with Crippen LogP contribution in [0.1, 0.15) is 18.1 Å². The second-order valence-electron chi connectivity index (χ2n) is 3.83. The summed E-state index contributed by atoms with van der Waals surface area (Å²) in [4.78, 5) is 11.4. The average molecular weight is 222 g/mol. The van der Waals surface area contributed by atoms with Crippen molar-refractivity contribution in [3.63, 3.8) is 0 Å². The smallest absolute Gasteiger partial charge is 0.237 e. The maximum atomic E-state index is 11.4. The Morgan fingerprint density at radius 3 is 2.81 bits per heavy atom. The second-order valence-corrected chi connectivity index (χ2v) is 3.83. The highest BCUT2D eigenvalue weighted by atomic mass is 16.3. The summed E-state index contributed by atoms with van der Waals surface area (Å²) in [5.41, 5.74) is 7.49. The van der Waals surface area contributed by atoms with Crippen LogP contribution in [0, 0.1) is 6.92 Å². The van der Waals surface area contributed by atoms with Gasteiger partial charge < -0.3 is 16.2 Å². The number of carbonyl (C=O) groups excluding carboxylic acids is 1. The normalized spacial score (nSPS) is 12.2. The van der Waals surface area contributed by atoms with Crippen LogP contribution in [0.25, 0.3) is 0 Å². The van der Waals surface area contributed by atoms with Gasteiger partial charge in [0.2, 0.25) is 5.91 Å². The number of phenols is 1. The molecule has 0 spiro atoms. The number of carbonyl (C=O) groups is 1. The molecule has 16 heavy (non-hydrogen) atoms. The fraction of sp³-hybridized carbons (Fsp3) is 0.417. The Morgan fingerprint density at radius 2 is 2.25 bits per heavy atom. The maximum absolute atomic E-state index is 11.4. The highest BCUT2D eigenvalue weighted by molar-refractivity contribution is 5.81. The molecule has 0 saturated carbocycles. The molecule has 88 valence electrons. The molecular formula is C12H18N2O2. The number of aryl methyl sites for hydroxylation is 1. The van der Waals surface area contributed by atoms with E-state index in [1.165, 1.54) is 0 Å². The molecule has 0 aliphatic rings. The molecule has 0 radical (unpaired) electrons. The fourth-order valence-corrected chi connectivity index (χ4v) is 1.50. The number of rotatable bonds is 4. The first-order valence-corrected chi connectivity index (χ1v) is 5.36. The van der Waals surface area contributed by atoms with Crippen molar-refractivity contribution < 1.29 is 9.90 Å². The molecule has 1 aromatic carbocycles. The Labute approximate surface area is 95.5 Å². The van der Waals surface area contributed by atoms with Gasteiger partial charge in [-0.05, 0) is 37.5 Å². The third-order valence-corrected chi connectivity index (χ3v) is 2.40. The zero-order chi connectivity index (χ0) is 12.1. The van der Waals surface area contributed by atoms with Gasteiger partial charge in [0.05, 0.1) is 6.04 Å². The zero-order valence-electron chi connectivity index (χ0n) is 9.66. The molecule has 0 heterocycles. The summed E-state index contributed by atoms with van der Waals surface area (Å²) >= 11 is 0. The number of nitrogens with two attached hydrogens (primary N) is 1. The summed E-state index contributed by atoms with van der Waals surface area (Å²) < 4.78 is 0. The van der Waals surface area contributed by atoms with Crippen LogP contribution in [0.15, 0.2) is 18.2 Å². The van der Waals surface area contributed by atoms with Crippen LogP contribution < -0.4 is 11.1 Å². The van der Waals surface area contributed by atoms with E-state index in [0.29, 0.717) is 13.0 Å². The van der Waals surface area contributed by atoms with Crippen molar-refractivity contribution in [2.24, 2.45) is 5.73 Å². The van der Waals surface area contributed by atoms with E-state index in [0.717, 1.165) is 11.1 Å². The van der Waals surface area contributed by atoms with Crippen LogP contribution >= 0.6 is 0 Å². The van der Waals surface area contributed by atoms with E-state index >= 15 is 0 Å². The number of hydrogen-bond donors (Lipinski definition) is 3. The number of aromatic hydroxyl groups is 1. The van der Waals surface area contributed by atoms with Crippen molar-refractivity contribution >= 4 is 5.91 Å². The Bertz CT molecular complexity index is 377. The summed E-state index contributed by atoms with van der Waals surface area (Å²) in [5, 5.41) is 12.0. The van der Waals surface area contributed by atoms with Crippen molar-refractivity contribution in [1.29, 1.82) is 0 Å². The summed E-state index contributed by atoms with van der Waals surface area (Å²) in [7, 11) is 0. The van der Waals surface area contributed by atoms with Gasteiger partial charge in [-0.3, -0.25) is 4.79 Å². The first-order chi connectivity index (χ1) is 7.54. The van der Waals surface area contributed by atoms with E-state index < -0.39 is 6.04 Å². The first kappa shape index (κ1) is 12.5. The van der Waals surface area contributed by atoms with Crippen molar-refractivity contribution in [3.8, 4) is 5.75 Å². The molecule has 0 aromatic heterocycles. The number of nitrogens with one attached hydrogen (secondary N) is 1. The van der Waals surface area contributed by atoms with Gasteiger partial charge in [0.15, 0.2) is 0 Å². The lowest BCUT2D eigenvalue weighted by Crippen LogP contribution is -2.41. The molecule has 0 bridgehead atoms. The van der Waals surface area contributed by atoms with Gasteiger partial charge in [0.1, 0.15) is 5.75 Å². The van der Waals surface area contributed by atoms with E-state index in [1.807, 2.05) is 19.9 Å². The molecule has 1 amide bonds. The Balaban J connectivity index is 2.66. The monoisotopic (exact) mass is 222 g/mol.